The van der Waals surface area contributed by atoms with Gasteiger partial charge in [0.15, 0.2) is 0 Å². The Labute approximate surface area is 141 Å². The van der Waals surface area contributed by atoms with E-state index in [0.717, 1.165) is 16.8 Å². The number of hydrogen-bond acceptors (Lipinski definition) is 3. The molecule has 0 fully saturated rings. The maximum Gasteiger partial charge on any atom is 0.225 e. The molecule has 1 atom stereocenters. The molecule has 0 aliphatic carbocycles. The molecule has 1 heterocycles. The lowest BCUT2D eigenvalue weighted by Gasteiger charge is -2.26. The van der Waals surface area contributed by atoms with Gasteiger partial charge < -0.3 is 15.4 Å². The number of fused-ring (bicyclic) bond motifs is 1. The highest BCUT2D eigenvalue weighted by atomic mass is 16.5. The molecule has 0 radical (unpaired) electrons. The summed E-state index contributed by atoms with van der Waals surface area (Å²) in [6.45, 7) is 2.46. The molecule has 3 rings (SSSR count). The SMILES string of the molecule is CC(=O)Nc1ccc2c(c1)NC(=O)CC2COCc1ccccc1. The van der Waals surface area contributed by atoms with Crippen LogP contribution in [0.4, 0.5) is 11.4 Å². The maximum absolute atomic E-state index is 11.9. The summed E-state index contributed by atoms with van der Waals surface area (Å²) in [6, 6.07) is 15.5. The molecule has 5 nitrogen and oxygen atoms in total. The van der Waals surface area contributed by atoms with E-state index in [1.54, 1.807) is 6.07 Å². The number of carbonyl (C=O) groups excluding carboxylic acids is 2. The minimum Gasteiger partial charge on any atom is -0.376 e. The molecule has 0 saturated heterocycles. The minimum absolute atomic E-state index is 0.0174. The monoisotopic (exact) mass is 324 g/mol. The number of nitrogens with one attached hydrogen (secondary N) is 2. The van der Waals surface area contributed by atoms with E-state index in [0.29, 0.717) is 25.3 Å². The lowest BCUT2D eigenvalue weighted by atomic mass is 9.91. The van der Waals surface area contributed by atoms with Gasteiger partial charge in [0.2, 0.25) is 11.8 Å². The summed E-state index contributed by atoms with van der Waals surface area (Å²) >= 11 is 0. The van der Waals surface area contributed by atoms with Gasteiger partial charge in [-0.2, -0.15) is 0 Å². The van der Waals surface area contributed by atoms with Gasteiger partial charge in [-0.1, -0.05) is 36.4 Å². The molecule has 24 heavy (non-hydrogen) atoms. The highest BCUT2D eigenvalue weighted by Crippen LogP contribution is 2.34. The van der Waals surface area contributed by atoms with Crippen LogP contribution in [0.25, 0.3) is 0 Å². The molecular weight excluding hydrogens is 304 g/mol. The van der Waals surface area contributed by atoms with Crippen molar-refractivity contribution in [2.45, 2.75) is 25.9 Å². The van der Waals surface area contributed by atoms with Crippen LogP contribution < -0.4 is 10.6 Å². The number of anilines is 2. The van der Waals surface area contributed by atoms with Gasteiger partial charge in [0, 0.05) is 30.6 Å². The Bertz CT molecular complexity index is 744. The molecule has 0 bridgehead atoms. The largest absolute Gasteiger partial charge is 0.376 e. The van der Waals surface area contributed by atoms with E-state index >= 15 is 0 Å². The Balaban J connectivity index is 1.69. The van der Waals surface area contributed by atoms with Crippen LogP contribution in [-0.4, -0.2) is 18.4 Å². The van der Waals surface area contributed by atoms with Crippen LogP contribution in [0.15, 0.2) is 48.5 Å². The van der Waals surface area contributed by atoms with Crippen molar-refractivity contribution >= 4 is 23.2 Å². The standard InChI is InChI=1S/C19H20N2O3/c1-13(22)20-16-7-8-17-15(9-19(23)21-18(17)10-16)12-24-11-14-5-3-2-4-6-14/h2-8,10,15H,9,11-12H2,1H3,(H,20,22)(H,21,23). The smallest absolute Gasteiger partial charge is 0.225 e. The van der Waals surface area contributed by atoms with Crippen LogP contribution in [0, 0.1) is 0 Å². The molecule has 1 aliphatic heterocycles. The van der Waals surface area contributed by atoms with E-state index in [2.05, 4.69) is 10.6 Å². The van der Waals surface area contributed by atoms with Crippen molar-refractivity contribution in [2.75, 3.05) is 17.2 Å². The van der Waals surface area contributed by atoms with Crippen molar-refractivity contribution < 1.29 is 14.3 Å². The fourth-order valence-electron chi connectivity index (χ4n) is 2.88. The second kappa shape index (κ2) is 7.27. The fourth-order valence-corrected chi connectivity index (χ4v) is 2.88. The lowest BCUT2D eigenvalue weighted by Crippen LogP contribution is -2.25. The van der Waals surface area contributed by atoms with Gasteiger partial charge >= 0.3 is 0 Å². The third-order valence-electron chi connectivity index (χ3n) is 3.95. The Morgan fingerprint density at radius 1 is 1.25 bits per heavy atom. The van der Waals surface area contributed by atoms with Gasteiger partial charge in [0.25, 0.3) is 0 Å². The average molecular weight is 324 g/mol. The molecule has 0 spiro atoms. The molecule has 0 saturated carbocycles. The van der Waals surface area contributed by atoms with E-state index in [9.17, 15) is 9.59 Å². The molecule has 0 aromatic heterocycles. The zero-order chi connectivity index (χ0) is 16.9. The third kappa shape index (κ3) is 4.00. The summed E-state index contributed by atoms with van der Waals surface area (Å²) in [5, 5.41) is 5.59. The molecule has 2 N–H and O–H groups in total. The molecule has 2 aromatic rings. The first-order valence-corrected chi connectivity index (χ1v) is 7.95. The van der Waals surface area contributed by atoms with Crippen molar-refractivity contribution in [1.29, 1.82) is 0 Å². The molecule has 5 heteroatoms. The number of benzene rings is 2. The topological polar surface area (TPSA) is 67.4 Å². The number of amides is 2. The van der Waals surface area contributed by atoms with Gasteiger partial charge in [-0.3, -0.25) is 9.59 Å². The summed E-state index contributed by atoms with van der Waals surface area (Å²) in [6.07, 6.45) is 0.404. The first kappa shape index (κ1) is 16.2. The Hall–Kier alpha value is -2.66. The summed E-state index contributed by atoms with van der Waals surface area (Å²) in [7, 11) is 0. The first-order chi connectivity index (χ1) is 11.6. The number of ether oxygens (including phenoxy) is 1. The van der Waals surface area contributed by atoms with Crippen LogP contribution in [-0.2, 0) is 20.9 Å². The van der Waals surface area contributed by atoms with E-state index in [1.807, 2.05) is 42.5 Å². The highest BCUT2D eigenvalue weighted by Gasteiger charge is 2.25. The number of hydrogen-bond donors (Lipinski definition) is 2. The normalized spacial score (nSPS) is 16.2. The molecule has 2 aromatic carbocycles. The molecule has 1 unspecified atom stereocenters. The molecular formula is C19H20N2O3. The summed E-state index contributed by atoms with van der Waals surface area (Å²) in [5.41, 5.74) is 3.56. The van der Waals surface area contributed by atoms with Crippen molar-refractivity contribution in [3.63, 3.8) is 0 Å². The van der Waals surface area contributed by atoms with Gasteiger partial charge in [-0.25, -0.2) is 0 Å². The number of carbonyl (C=O) groups is 2. The van der Waals surface area contributed by atoms with Crippen LogP contribution in [0.1, 0.15) is 30.4 Å². The number of rotatable bonds is 5. The second-order valence-electron chi connectivity index (χ2n) is 5.93. The van der Waals surface area contributed by atoms with Gasteiger partial charge in [0.1, 0.15) is 0 Å². The van der Waals surface area contributed by atoms with Crippen molar-refractivity contribution in [3.8, 4) is 0 Å². The van der Waals surface area contributed by atoms with E-state index in [1.165, 1.54) is 6.92 Å². The van der Waals surface area contributed by atoms with Gasteiger partial charge in [0.05, 0.1) is 13.2 Å². The van der Waals surface area contributed by atoms with Crippen molar-refractivity contribution in [1.82, 2.24) is 0 Å². The van der Waals surface area contributed by atoms with Crippen LogP contribution >= 0.6 is 0 Å². The predicted octanol–water partition coefficient (Wildman–Crippen LogP) is 3.29. The van der Waals surface area contributed by atoms with Crippen LogP contribution in [0.5, 0.6) is 0 Å². The Kier molecular flexibility index (Phi) is 4.91. The predicted molar refractivity (Wildman–Crippen MR) is 92.8 cm³/mol. The summed E-state index contributed by atoms with van der Waals surface area (Å²) in [4.78, 5) is 23.1. The third-order valence-corrected chi connectivity index (χ3v) is 3.95. The quantitative estimate of drug-likeness (QED) is 0.887. The average Bonchev–Trinajstić information content (AvgIpc) is 2.54. The molecule has 124 valence electrons. The van der Waals surface area contributed by atoms with E-state index < -0.39 is 0 Å². The Morgan fingerprint density at radius 3 is 2.79 bits per heavy atom. The van der Waals surface area contributed by atoms with Crippen LogP contribution in [0.3, 0.4) is 0 Å². The van der Waals surface area contributed by atoms with Crippen LogP contribution in [0.2, 0.25) is 0 Å². The molecule has 1 aliphatic rings. The summed E-state index contributed by atoms with van der Waals surface area (Å²) in [5.74, 6) is -0.153. The zero-order valence-corrected chi connectivity index (χ0v) is 13.5. The van der Waals surface area contributed by atoms with Gasteiger partial charge in [-0.05, 0) is 23.3 Å². The zero-order valence-electron chi connectivity index (χ0n) is 13.5. The molecule has 2 amide bonds. The van der Waals surface area contributed by atoms with Crippen molar-refractivity contribution in [2.24, 2.45) is 0 Å². The van der Waals surface area contributed by atoms with E-state index in [-0.39, 0.29) is 17.7 Å². The first-order valence-electron chi connectivity index (χ1n) is 7.95. The second-order valence-corrected chi connectivity index (χ2v) is 5.93. The lowest BCUT2D eigenvalue weighted by molar-refractivity contribution is -0.117. The fraction of sp³-hybridized carbons (Fsp3) is 0.263. The highest BCUT2D eigenvalue weighted by molar-refractivity contribution is 5.96. The van der Waals surface area contributed by atoms with Gasteiger partial charge in [-0.15, -0.1) is 0 Å². The minimum atomic E-state index is -0.139. The van der Waals surface area contributed by atoms with Crippen molar-refractivity contribution in [3.05, 3.63) is 59.7 Å². The maximum atomic E-state index is 11.9. The summed E-state index contributed by atoms with van der Waals surface area (Å²) < 4.78 is 5.81. The Morgan fingerprint density at radius 2 is 2.04 bits per heavy atom. The van der Waals surface area contributed by atoms with E-state index in [4.69, 9.17) is 4.74 Å².